The summed E-state index contributed by atoms with van der Waals surface area (Å²) in [7, 11) is 0. The first-order valence-electron chi connectivity index (χ1n) is 8.81. The Morgan fingerprint density at radius 3 is 2.04 bits per heavy atom. The highest BCUT2D eigenvalue weighted by atomic mass is 16.5. The van der Waals surface area contributed by atoms with Gasteiger partial charge in [-0.25, -0.2) is 0 Å². The Morgan fingerprint density at radius 2 is 1.44 bits per heavy atom. The average molecular weight is 364 g/mol. The molecule has 0 aliphatic heterocycles. The summed E-state index contributed by atoms with van der Waals surface area (Å²) in [5.74, 6) is 0.686. The van der Waals surface area contributed by atoms with Gasteiger partial charge in [0.05, 0.1) is 31.2 Å². The van der Waals surface area contributed by atoms with E-state index in [1.807, 2.05) is 48.5 Å². The topological polar surface area (TPSA) is 84.7 Å². The monoisotopic (exact) mass is 364 g/mol. The zero-order valence-corrected chi connectivity index (χ0v) is 14.7. The summed E-state index contributed by atoms with van der Waals surface area (Å²) >= 11 is 0. The predicted molar refractivity (Wildman–Crippen MR) is 99.4 cm³/mol. The molecule has 0 saturated heterocycles. The van der Waals surface area contributed by atoms with Gasteiger partial charge in [-0.2, -0.15) is 0 Å². The van der Waals surface area contributed by atoms with Crippen molar-refractivity contribution < 1.29 is 19.7 Å². The van der Waals surface area contributed by atoms with Crippen molar-refractivity contribution in [2.45, 2.75) is 5.60 Å². The van der Waals surface area contributed by atoms with Crippen LogP contribution in [0.4, 0.5) is 0 Å². The molecule has 0 spiro atoms. The van der Waals surface area contributed by atoms with Crippen molar-refractivity contribution in [1.29, 1.82) is 0 Å². The Morgan fingerprint density at radius 1 is 0.815 bits per heavy atom. The van der Waals surface area contributed by atoms with Crippen LogP contribution in [0.25, 0.3) is 11.4 Å². The van der Waals surface area contributed by atoms with E-state index in [2.05, 4.69) is 9.97 Å². The van der Waals surface area contributed by atoms with Crippen LogP contribution in [-0.4, -0.2) is 46.6 Å². The van der Waals surface area contributed by atoms with Crippen LogP contribution in [0.15, 0.2) is 60.9 Å². The van der Waals surface area contributed by atoms with Crippen LogP contribution in [0.1, 0.15) is 16.7 Å². The van der Waals surface area contributed by atoms with Gasteiger partial charge in [-0.3, -0.25) is 9.97 Å². The third-order valence-corrected chi connectivity index (χ3v) is 4.62. The number of ether oxygens (including phenoxy) is 2. The molecule has 2 N–H and O–H groups in total. The minimum atomic E-state index is -1.30. The Labute approximate surface area is 157 Å². The molecular weight excluding hydrogens is 344 g/mol. The van der Waals surface area contributed by atoms with E-state index in [0.29, 0.717) is 37.0 Å². The molecule has 1 aliphatic carbocycles. The molecule has 0 radical (unpaired) electrons. The number of rotatable bonds is 7. The lowest BCUT2D eigenvalue weighted by Gasteiger charge is -2.26. The molecule has 0 fully saturated rings. The van der Waals surface area contributed by atoms with Crippen LogP contribution >= 0.6 is 0 Å². The molecule has 4 rings (SSSR count). The Hall–Kier alpha value is -2.80. The third kappa shape index (κ3) is 3.08. The number of pyridine rings is 2. The van der Waals surface area contributed by atoms with Crippen LogP contribution < -0.4 is 4.74 Å². The lowest BCUT2D eigenvalue weighted by Crippen LogP contribution is -2.26. The largest absolute Gasteiger partial charge is 0.491 e. The summed E-state index contributed by atoms with van der Waals surface area (Å²) in [5.41, 5.74) is 2.30. The van der Waals surface area contributed by atoms with Crippen molar-refractivity contribution in [3.05, 3.63) is 77.6 Å². The Balaban J connectivity index is 1.61. The molecule has 0 bridgehead atoms. The molecule has 6 heteroatoms. The van der Waals surface area contributed by atoms with Gasteiger partial charge in [-0.05, 0) is 29.8 Å². The standard InChI is InChI=1S/C21H20N2O4/c24-11-12-26-13-14-27-16-7-5-15(6-8-16)21(25)17-3-1-9-22-19(17)20-18(21)4-2-10-23-20/h1-10,24-25H,11-14H2. The molecule has 0 atom stereocenters. The second-order valence-corrected chi connectivity index (χ2v) is 6.22. The van der Waals surface area contributed by atoms with E-state index < -0.39 is 5.60 Å². The van der Waals surface area contributed by atoms with Crippen molar-refractivity contribution in [2.24, 2.45) is 0 Å². The minimum Gasteiger partial charge on any atom is -0.491 e. The van der Waals surface area contributed by atoms with E-state index in [-0.39, 0.29) is 6.61 Å². The SMILES string of the molecule is OCCOCCOc1ccc(C2(O)c3cccnc3-c3ncccc32)cc1. The third-order valence-electron chi connectivity index (χ3n) is 4.62. The molecule has 0 saturated carbocycles. The second kappa shape index (κ2) is 7.44. The van der Waals surface area contributed by atoms with Crippen LogP contribution in [0.2, 0.25) is 0 Å². The predicted octanol–water partition coefficient (Wildman–Crippen LogP) is 2.13. The van der Waals surface area contributed by atoms with Crippen molar-refractivity contribution in [1.82, 2.24) is 9.97 Å². The van der Waals surface area contributed by atoms with Gasteiger partial charge < -0.3 is 19.7 Å². The molecule has 27 heavy (non-hydrogen) atoms. The van der Waals surface area contributed by atoms with Gasteiger partial charge in [0.1, 0.15) is 18.0 Å². The highest BCUT2D eigenvalue weighted by Gasteiger charge is 2.44. The second-order valence-electron chi connectivity index (χ2n) is 6.22. The molecule has 1 aliphatic rings. The number of nitrogens with zero attached hydrogens (tertiary/aromatic N) is 2. The van der Waals surface area contributed by atoms with Gasteiger partial charge in [0.2, 0.25) is 0 Å². The summed E-state index contributed by atoms with van der Waals surface area (Å²) in [6.07, 6.45) is 3.41. The van der Waals surface area contributed by atoms with E-state index >= 15 is 0 Å². The Kier molecular flexibility index (Phi) is 4.85. The van der Waals surface area contributed by atoms with Crippen molar-refractivity contribution in [2.75, 3.05) is 26.4 Å². The number of aliphatic hydroxyl groups excluding tert-OH is 1. The maximum absolute atomic E-state index is 11.7. The van der Waals surface area contributed by atoms with Gasteiger partial charge in [-0.15, -0.1) is 0 Å². The van der Waals surface area contributed by atoms with Crippen molar-refractivity contribution >= 4 is 0 Å². The first-order valence-corrected chi connectivity index (χ1v) is 8.81. The van der Waals surface area contributed by atoms with Gasteiger partial charge >= 0.3 is 0 Å². The summed E-state index contributed by atoms with van der Waals surface area (Å²) in [5, 5.41) is 20.3. The molecule has 6 nitrogen and oxygen atoms in total. The number of hydrogen-bond acceptors (Lipinski definition) is 6. The molecule has 2 heterocycles. The lowest BCUT2D eigenvalue weighted by molar-refractivity contribution is 0.0705. The summed E-state index contributed by atoms with van der Waals surface area (Å²) in [6, 6.07) is 14.7. The first-order chi connectivity index (χ1) is 13.2. The van der Waals surface area contributed by atoms with Gasteiger partial charge in [0, 0.05) is 23.5 Å². The number of aliphatic hydroxyl groups is 2. The number of hydrogen-bond donors (Lipinski definition) is 2. The number of fused-ring (bicyclic) bond motifs is 3. The highest BCUT2D eigenvalue weighted by Crippen LogP contribution is 2.48. The summed E-state index contributed by atoms with van der Waals surface area (Å²) < 4.78 is 10.8. The quantitative estimate of drug-likeness (QED) is 0.625. The minimum absolute atomic E-state index is 0.0000573. The fraction of sp³-hybridized carbons (Fsp3) is 0.238. The van der Waals surface area contributed by atoms with Crippen LogP contribution in [0.5, 0.6) is 5.75 Å². The van der Waals surface area contributed by atoms with Gasteiger partial charge in [0.15, 0.2) is 0 Å². The normalized spacial score (nSPS) is 13.9. The zero-order valence-electron chi connectivity index (χ0n) is 14.7. The molecule has 138 valence electrons. The van der Waals surface area contributed by atoms with Crippen molar-refractivity contribution in [3.63, 3.8) is 0 Å². The molecule has 2 aromatic heterocycles. The fourth-order valence-corrected chi connectivity index (χ4v) is 3.41. The average Bonchev–Trinajstić information content (AvgIpc) is 2.99. The maximum atomic E-state index is 11.7. The van der Waals surface area contributed by atoms with E-state index in [0.717, 1.165) is 16.7 Å². The Bertz CT molecular complexity index is 882. The maximum Gasteiger partial charge on any atom is 0.144 e. The van der Waals surface area contributed by atoms with E-state index in [1.54, 1.807) is 12.4 Å². The lowest BCUT2D eigenvalue weighted by atomic mass is 9.85. The van der Waals surface area contributed by atoms with Crippen LogP contribution in [0, 0.1) is 0 Å². The van der Waals surface area contributed by atoms with Crippen LogP contribution in [-0.2, 0) is 10.3 Å². The van der Waals surface area contributed by atoms with E-state index in [9.17, 15) is 5.11 Å². The van der Waals surface area contributed by atoms with Gasteiger partial charge in [0.25, 0.3) is 0 Å². The molecule has 1 aromatic carbocycles. The number of benzene rings is 1. The van der Waals surface area contributed by atoms with Gasteiger partial charge in [-0.1, -0.05) is 24.3 Å². The molecule has 3 aromatic rings. The molecule has 0 unspecified atom stereocenters. The smallest absolute Gasteiger partial charge is 0.144 e. The molecule has 0 amide bonds. The number of aromatic nitrogens is 2. The first kappa shape index (κ1) is 17.6. The van der Waals surface area contributed by atoms with Crippen LogP contribution in [0.3, 0.4) is 0 Å². The molecular formula is C21H20N2O4. The summed E-state index contributed by atoms with van der Waals surface area (Å²) in [4.78, 5) is 8.85. The van der Waals surface area contributed by atoms with Crippen molar-refractivity contribution in [3.8, 4) is 17.1 Å². The summed E-state index contributed by atoms with van der Waals surface area (Å²) in [6.45, 7) is 1.10. The zero-order chi connectivity index (χ0) is 18.7. The van der Waals surface area contributed by atoms with E-state index in [1.165, 1.54) is 0 Å². The highest BCUT2D eigenvalue weighted by molar-refractivity contribution is 5.76. The van der Waals surface area contributed by atoms with E-state index in [4.69, 9.17) is 14.6 Å². The fourth-order valence-electron chi connectivity index (χ4n) is 3.41.